The largest absolute Gasteiger partial charge is 0.451 e. The molecule has 0 spiro atoms. The summed E-state index contributed by atoms with van der Waals surface area (Å²) in [5.41, 5.74) is 2.76. The number of hydrogen-bond donors (Lipinski definition) is 1. The molecule has 0 fully saturated rings. The summed E-state index contributed by atoms with van der Waals surface area (Å²) in [7, 11) is 1.57. The van der Waals surface area contributed by atoms with Crippen molar-refractivity contribution in [1.82, 2.24) is 4.98 Å². The number of aromatic nitrogens is 1. The number of benzene rings is 2. The van der Waals surface area contributed by atoms with E-state index in [0.717, 1.165) is 10.9 Å². The van der Waals surface area contributed by atoms with E-state index in [0.29, 0.717) is 22.0 Å². The molecule has 0 saturated heterocycles. The van der Waals surface area contributed by atoms with E-state index in [4.69, 9.17) is 9.15 Å². The minimum Gasteiger partial charge on any atom is -0.451 e. The first-order chi connectivity index (χ1) is 13.2. The number of halogens is 1. The van der Waals surface area contributed by atoms with E-state index < -0.39 is 5.91 Å². The highest BCUT2D eigenvalue weighted by molar-refractivity contribution is 7.14. The molecular weight excluding hydrogens is 367 g/mol. The Morgan fingerprint density at radius 2 is 2.00 bits per heavy atom. The van der Waals surface area contributed by atoms with E-state index in [-0.39, 0.29) is 18.2 Å². The molecule has 0 atom stereocenters. The molecule has 0 radical (unpaired) electrons. The highest BCUT2D eigenvalue weighted by Crippen LogP contribution is 2.29. The van der Waals surface area contributed by atoms with E-state index in [1.165, 1.54) is 23.5 Å². The van der Waals surface area contributed by atoms with Gasteiger partial charge in [-0.3, -0.25) is 10.1 Å². The molecule has 0 unspecified atom stereocenters. The number of rotatable bonds is 5. The molecule has 0 bridgehead atoms. The summed E-state index contributed by atoms with van der Waals surface area (Å²) < 4.78 is 24.0. The molecule has 7 heteroatoms. The Kier molecular flexibility index (Phi) is 4.70. The van der Waals surface area contributed by atoms with Crippen LogP contribution in [-0.2, 0) is 11.3 Å². The lowest BCUT2D eigenvalue weighted by molar-refractivity contribution is 0.0992. The van der Waals surface area contributed by atoms with Crippen LogP contribution < -0.4 is 5.32 Å². The number of furan rings is 1. The maximum absolute atomic E-state index is 13.1. The third kappa shape index (κ3) is 3.47. The van der Waals surface area contributed by atoms with Gasteiger partial charge in [-0.15, -0.1) is 11.3 Å². The second-order valence-corrected chi connectivity index (χ2v) is 6.70. The quantitative estimate of drug-likeness (QED) is 0.522. The average Bonchev–Trinajstić information content (AvgIpc) is 3.28. The van der Waals surface area contributed by atoms with Crippen LogP contribution in [-0.4, -0.2) is 18.0 Å². The second kappa shape index (κ2) is 7.30. The first-order valence-electron chi connectivity index (χ1n) is 8.18. The van der Waals surface area contributed by atoms with Crippen molar-refractivity contribution in [1.29, 1.82) is 0 Å². The van der Waals surface area contributed by atoms with Crippen LogP contribution in [0.3, 0.4) is 0 Å². The van der Waals surface area contributed by atoms with Crippen LogP contribution in [0.15, 0.2) is 58.3 Å². The zero-order valence-electron chi connectivity index (χ0n) is 14.4. The Bertz CT molecular complexity index is 1100. The number of fused-ring (bicyclic) bond motifs is 1. The van der Waals surface area contributed by atoms with Crippen molar-refractivity contribution in [3.63, 3.8) is 0 Å². The number of carbonyl (C=O) groups is 1. The van der Waals surface area contributed by atoms with Gasteiger partial charge in [0.15, 0.2) is 10.9 Å². The second-order valence-electron chi connectivity index (χ2n) is 5.84. The van der Waals surface area contributed by atoms with Gasteiger partial charge in [0.2, 0.25) is 0 Å². The average molecular weight is 382 g/mol. The van der Waals surface area contributed by atoms with E-state index in [9.17, 15) is 9.18 Å². The van der Waals surface area contributed by atoms with Gasteiger partial charge in [-0.2, -0.15) is 0 Å². The molecule has 1 amide bonds. The normalized spacial score (nSPS) is 11.0. The Morgan fingerprint density at radius 1 is 1.22 bits per heavy atom. The molecule has 5 nitrogen and oxygen atoms in total. The smallest absolute Gasteiger partial charge is 0.293 e. The molecule has 2 aromatic heterocycles. The molecule has 0 aliphatic heterocycles. The van der Waals surface area contributed by atoms with Crippen molar-refractivity contribution in [2.75, 3.05) is 12.4 Å². The van der Waals surface area contributed by atoms with Gasteiger partial charge in [0.1, 0.15) is 11.4 Å². The SMILES string of the molecule is COCc1c(C(=O)Nc2nc(-c3ccc(F)cc3)cs2)oc2ccccc12. The zero-order chi connectivity index (χ0) is 18.8. The molecule has 0 aliphatic carbocycles. The van der Waals surface area contributed by atoms with Crippen LogP contribution in [0, 0.1) is 5.82 Å². The van der Waals surface area contributed by atoms with Crippen molar-refractivity contribution in [2.45, 2.75) is 6.61 Å². The number of thiazole rings is 1. The number of para-hydroxylation sites is 1. The number of ether oxygens (including phenoxy) is 1. The van der Waals surface area contributed by atoms with Crippen molar-refractivity contribution >= 4 is 33.3 Å². The summed E-state index contributed by atoms with van der Waals surface area (Å²) in [6, 6.07) is 13.5. The highest BCUT2D eigenvalue weighted by atomic mass is 32.1. The lowest BCUT2D eigenvalue weighted by Crippen LogP contribution is -2.13. The molecule has 4 rings (SSSR count). The van der Waals surface area contributed by atoms with Crippen LogP contribution in [0.4, 0.5) is 9.52 Å². The topological polar surface area (TPSA) is 64.4 Å². The fourth-order valence-electron chi connectivity index (χ4n) is 2.81. The molecule has 0 saturated carbocycles. The number of carbonyl (C=O) groups excluding carboxylic acids is 1. The minimum atomic E-state index is -0.391. The van der Waals surface area contributed by atoms with Gasteiger partial charge in [-0.25, -0.2) is 9.37 Å². The fraction of sp³-hybridized carbons (Fsp3) is 0.100. The maximum atomic E-state index is 13.1. The Labute approximate surface area is 158 Å². The molecule has 2 aromatic carbocycles. The summed E-state index contributed by atoms with van der Waals surface area (Å²) >= 11 is 1.29. The number of nitrogens with one attached hydrogen (secondary N) is 1. The highest BCUT2D eigenvalue weighted by Gasteiger charge is 2.21. The molecule has 27 heavy (non-hydrogen) atoms. The van der Waals surface area contributed by atoms with E-state index in [1.54, 1.807) is 30.7 Å². The molecule has 1 N–H and O–H groups in total. The maximum Gasteiger partial charge on any atom is 0.293 e. The van der Waals surface area contributed by atoms with E-state index >= 15 is 0 Å². The minimum absolute atomic E-state index is 0.205. The number of hydrogen-bond acceptors (Lipinski definition) is 5. The van der Waals surface area contributed by atoms with Gasteiger partial charge in [-0.1, -0.05) is 18.2 Å². The van der Waals surface area contributed by atoms with Crippen molar-refractivity contribution < 1.29 is 18.3 Å². The molecule has 0 aliphatic rings. The predicted octanol–water partition coefficient (Wildman–Crippen LogP) is 5.09. The van der Waals surface area contributed by atoms with Gasteiger partial charge < -0.3 is 9.15 Å². The van der Waals surface area contributed by atoms with Gasteiger partial charge in [0, 0.05) is 29.0 Å². The van der Waals surface area contributed by atoms with Crippen LogP contribution in [0.25, 0.3) is 22.2 Å². The van der Waals surface area contributed by atoms with Crippen LogP contribution in [0.1, 0.15) is 16.1 Å². The standard InChI is InChI=1S/C20H15FN2O3S/c1-25-10-15-14-4-2-3-5-17(14)26-18(15)19(24)23-20-22-16(11-27-20)12-6-8-13(21)9-7-12/h2-9,11H,10H2,1H3,(H,22,23,24). The lowest BCUT2D eigenvalue weighted by atomic mass is 10.1. The number of methoxy groups -OCH3 is 1. The van der Waals surface area contributed by atoms with Crippen LogP contribution in [0.5, 0.6) is 0 Å². The zero-order valence-corrected chi connectivity index (χ0v) is 15.2. The summed E-state index contributed by atoms with van der Waals surface area (Å²) in [6.45, 7) is 0.262. The van der Waals surface area contributed by atoms with Gasteiger partial charge in [-0.05, 0) is 30.3 Å². The molecular formula is C20H15FN2O3S. The van der Waals surface area contributed by atoms with Gasteiger partial charge in [0.25, 0.3) is 5.91 Å². The van der Waals surface area contributed by atoms with E-state index in [2.05, 4.69) is 10.3 Å². The van der Waals surface area contributed by atoms with Crippen LogP contribution in [0.2, 0.25) is 0 Å². The Morgan fingerprint density at radius 3 is 2.78 bits per heavy atom. The summed E-state index contributed by atoms with van der Waals surface area (Å²) in [6.07, 6.45) is 0. The monoisotopic (exact) mass is 382 g/mol. The summed E-state index contributed by atoms with van der Waals surface area (Å²) in [5.74, 6) is -0.493. The fourth-order valence-corrected chi connectivity index (χ4v) is 3.52. The molecule has 2 heterocycles. The molecule has 4 aromatic rings. The third-order valence-electron chi connectivity index (χ3n) is 4.06. The lowest BCUT2D eigenvalue weighted by Gasteiger charge is -2.02. The van der Waals surface area contributed by atoms with Gasteiger partial charge >= 0.3 is 0 Å². The first-order valence-corrected chi connectivity index (χ1v) is 9.06. The number of nitrogens with zero attached hydrogens (tertiary/aromatic N) is 1. The summed E-state index contributed by atoms with van der Waals surface area (Å²) in [4.78, 5) is 17.1. The van der Waals surface area contributed by atoms with Crippen LogP contribution >= 0.6 is 11.3 Å². The third-order valence-corrected chi connectivity index (χ3v) is 4.82. The molecule has 136 valence electrons. The van der Waals surface area contributed by atoms with Crippen molar-refractivity contribution in [2.24, 2.45) is 0 Å². The number of amides is 1. The number of anilines is 1. The Balaban J connectivity index is 1.60. The van der Waals surface area contributed by atoms with Gasteiger partial charge in [0.05, 0.1) is 12.3 Å². The first kappa shape index (κ1) is 17.4. The summed E-state index contributed by atoms with van der Waals surface area (Å²) in [5, 5.41) is 5.84. The van der Waals surface area contributed by atoms with Crippen molar-refractivity contribution in [3.05, 3.63) is 71.1 Å². The predicted molar refractivity (Wildman–Crippen MR) is 102 cm³/mol. The van der Waals surface area contributed by atoms with E-state index in [1.807, 2.05) is 18.2 Å². The Hall–Kier alpha value is -3.03. The van der Waals surface area contributed by atoms with Crippen molar-refractivity contribution in [3.8, 4) is 11.3 Å².